The molecule has 4 aromatic rings. The number of hydrazone groups is 1. The first-order chi connectivity index (χ1) is 16.0. The molecule has 0 spiro atoms. The number of hydrogen-bond donors (Lipinski definition) is 2. The van der Waals surface area contributed by atoms with Crippen LogP contribution >= 0.6 is 15.9 Å². The lowest BCUT2D eigenvalue weighted by Crippen LogP contribution is -2.17. The Morgan fingerprint density at radius 3 is 2.45 bits per heavy atom. The van der Waals surface area contributed by atoms with Gasteiger partial charge in [0.25, 0.3) is 5.91 Å². The number of halogens is 1. The van der Waals surface area contributed by atoms with Crippen LogP contribution in [0.4, 0.5) is 0 Å². The van der Waals surface area contributed by atoms with Crippen molar-refractivity contribution in [3.05, 3.63) is 100 Å². The van der Waals surface area contributed by atoms with Gasteiger partial charge in [-0.1, -0.05) is 54.6 Å². The van der Waals surface area contributed by atoms with Gasteiger partial charge in [-0.3, -0.25) is 4.79 Å². The van der Waals surface area contributed by atoms with Crippen LogP contribution in [-0.4, -0.2) is 24.3 Å². The summed E-state index contributed by atoms with van der Waals surface area (Å²) in [7, 11) is 1.56. The van der Waals surface area contributed by atoms with Gasteiger partial charge in [-0.15, -0.1) is 0 Å². The number of rotatable bonds is 7. The highest BCUT2D eigenvalue weighted by Crippen LogP contribution is 2.37. The van der Waals surface area contributed by atoms with Gasteiger partial charge in [-0.25, -0.2) is 5.43 Å². The highest BCUT2D eigenvalue weighted by atomic mass is 79.9. The van der Waals surface area contributed by atoms with Crippen molar-refractivity contribution >= 4 is 38.8 Å². The van der Waals surface area contributed by atoms with Crippen LogP contribution in [0.25, 0.3) is 10.8 Å². The quantitative estimate of drug-likeness (QED) is 0.251. The van der Waals surface area contributed by atoms with Crippen molar-refractivity contribution in [2.45, 2.75) is 6.61 Å². The van der Waals surface area contributed by atoms with Crippen LogP contribution in [0.2, 0.25) is 0 Å². The van der Waals surface area contributed by atoms with Crippen molar-refractivity contribution in [1.82, 2.24) is 5.43 Å². The Morgan fingerprint density at radius 1 is 1.03 bits per heavy atom. The van der Waals surface area contributed by atoms with Crippen molar-refractivity contribution in [2.24, 2.45) is 5.10 Å². The van der Waals surface area contributed by atoms with Crippen molar-refractivity contribution in [3.63, 3.8) is 0 Å². The molecule has 0 radical (unpaired) electrons. The molecule has 0 fully saturated rings. The minimum Gasteiger partial charge on any atom is -0.507 e. The topological polar surface area (TPSA) is 80.2 Å². The molecule has 0 aliphatic carbocycles. The lowest BCUT2D eigenvalue weighted by atomic mass is 10.1. The molecule has 6 nitrogen and oxygen atoms in total. The van der Waals surface area contributed by atoms with E-state index in [2.05, 4.69) is 26.5 Å². The first kappa shape index (κ1) is 22.4. The normalized spacial score (nSPS) is 11.0. The minimum atomic E-state index is -0.511. The molecule has 33 heavy (non-hydrogen) atoms. The van der Waals surface area contributed by atoms with Crippen LogP contribution in [-0.2, 0) is 6.61 Å². The number of amides is 1. The second-order valence-corrected chi connectivity index (χ2v) is 8.08. The number of hydrogen-bond acceptors (Lipinski definition) is 5. The van der Waals surface area contributed by atoms with Crippen LogP contribution in [0.5, 0.6) is 17.2 Å². The van der Waals surface area contributed by atoms with Gasteiger partial charge >= 0.3 is 0 Å². The van der Waals surface area contributed by atoms with Crippen LogP contribution in [0.1, 0.15) is 21.5 Å². The van der Waals surface area contributed by atoms with Crippen LogP contribution in [0, 0.1) is 0 Å². The Labute approximate surface area is 199 Å². The molecule has 4 rings (SSSR count). The zero-order chi connectivity index (χ0) is 23.2. The molecule has 0 aromatic heterocycles. The molecule has 0 unspecified atom stereocenters. The lowest BCUT2D eigenvalue weighted by Gasteiger charge is -2.13. The summed E-state index contributed by atoms with van der Waals surface area (Å²) in [5, 5.41) is 15.9. The second-order valence-electron chi connectivity index (χ2n) is 7.22. The fraction of sp³-hybridized carbons (Fsp3) is 0.0769. The maximum Gasteiger partial charge on any atom is 0.275 e. The fourth-order valence-electron chi connectivity index (χ4n) is 3.32. The first-order valence-electron chi connectivity index (χ1n) is 10.1. The van der Waals surface area contributed by atoms with Crippen molar-refractivity contribution < 1.29 is 19.4 Å². The zero-order valence-electron chi connectivity index (χ0n) is 17.8. The molecule has 0 saturated heterocycles. The van der Waals surface area contributed by atoms with Gasteiger partial charge in [0.15, 0.2) is 11.5 Å². The molecule has 4 aromatic carbocycles. The van der Waals surface area contributed by atoms with Crippen molar-refractivity contribution in [2.75, 3.05) is 7.11 Å². The SMILES string of the molecule is COc1cc(/C=N/NC(=O)c2cc3ccccc3cc2O)cc(Br)c1OCc1ccccc1. The van der Waals surface area contributed by atoms with Crippen molar-refractivity contribution in [1.29, 1.82) is 0 Å². The third kappa shape index (κ3) is 5.32. The molecule has 7 heteroatoms. The number of nitrogens with zero attached hydrogens (tertiary/aromatic N) is 1. The Balaban J connectivity index is 1.47. The van der Waals surface area contributed by atoms with Crippen LogP contribution in [0.3, 0.4) is 0 Å². The molecule has 0 saturated carbocycles. The van der Waals surface area contributed by atoms with E-state index >= 15 is 0 Å². The number of benzene rings is 4. The summed E-state index contributed by atoms with van der Waals surface area (Å²) in [6, 6.07) is 24.1. The summed E-state index contributed by atoms with van der Waals surface area (Å²) in [6.45, 7) is 0.397. The van der Waals surface area contributed by atoms with E-state index in [1.165, 1.54) is 6.21 Å². The minimum absolute atomic E-state index is 0.106. The lowest BCUT2D eigenvalue weighted by molar-refractivity contribution is 0.0952. The average Bonchev–Trinajstić information content (AvgIpc) is 2.83. The third-order valence-corrected chi connectivity index (χ3v) is 5.56. The highest BCUT2D eigenvalue weighted by Gasteiger charge is 2.13. The Kier molecular flexibility index (Phi) is 6.90. The summed E-state index contributed by atoms with van der Waals surface area (Å²) >= 11 is 3.52. The van der Waals surface area contributed by atoms with Gasteiger partial charge in [0.05, 0.1) is 23.4 Å². The van der Waals surface area contributed by atoms with E-state index in [-0.39, 0.29) is 11.3 Å². The van der Waals surface area contributed by atoms with Gasteiger partial charge in [0, 0.05) is 0 Å². The molecule has 0 bridgehead atoms. The van der Waals surface area contributed by atoms with Gasteiger partial charge < -0.3 is 14.6 Å². The fourth-order valence-corrected chi connectivity index (χ4v) is 3.89. The molecule has 1 amide bonds. The van der Waals surface area contributed by atoms with E-state index in [0.29, 0.717) is 28.1 Å². The predicted octanol–water partition coefficient (Wildman–Crippen LogP) is 5.66. The summed E-state index contributed by atoms with van der Waals surface area (Å²) in [5.74, 6) is 0.484. The smallest absolute Gasteiger partial charge is 0.275 e. The van der Waals surface area contributed by atoms with E-state index < -0.39 is 5.91 Å². The molecular weight excluding hydrogens is 484 g/mol. The van der Waals surface area contributed by atoms with E-state index in [0.717, 1.165) is 16.3 Å². The molecule has 0 aliphatic rings. The van der Waals surface area contributed by atoms with E-state index in [4.69, 9.17) is 9.47 Å². The molecule has 166 valence electrons. The van der Waals surface area contributed by atoms with Gasteiger partial charge in [0.1, 0.15) is 12.4 Å². The molecular formula is C26H21BrN2O4. The Morgan fingerprint density at radius 2 is 1.73 bits per heavy atom. The van der Waals surface area contributed by atoms with Gasteiger partial charge in [-0.2, -0.15) is 5.10 Å². The summed E-state index contributed by atoms with van der Waals surface area (Å²) in [5.41, 5.74) is 4.33. The zero-order valence-corrected chi connectivity index (χ0v) is 19.4. The number of carbonyl (C=O) groups is 1. The van der Waals surface area contributed by atoms with Crippen LogP contribution in [0.15, 0.2) is 88.4 Å². The van der Waals surface area contributed by atoms with E-state index in [1.54, 1.807) is 25.3 Å². The Hall–Kier alpha value is -3.84. The number of nitrogens with one attached hydrogen (secondary N) is 1. The van der Waals surface area contributed by atoms with Crippen molar-refractivity contribution in [3.8, 4) is 17.2 Å². The third-order valence-electron chi connectivity index (χ3n) is 4.97. The second kappa shape index (κ2) is 10.2. The summed E-state index contributed by atoms with van der Waals surface area (Å²) < 4.78 is 12.1. The monoisotopic (exact) mass is 504 g/mol. The molecule has 0 heterocycles. The van der Waals surface area contributed by atoms with Crippen LogP contribution < -0.4 is 14.9 Å². The van der Waals surface area contributed by atoms with Gasteiger partial charge in [0.2, 0.25) is 0 Å². The van der Waals surface area contributed by atoms with E-state index in [1.807, 2.05) is 60.7 Å². The number of phenols is 1. The summed E-state index contributed by atoms with van der Waals surface area (Å²) in [4.78, 5) is 12.5. The number of aromatic hydroxyl groups is 1. The number of carbonyl (C=O) groups excluding carboxylic acids is 1. The number of phenolic OH excluding ortho intramolecular Hbond substituents is 1. The van der Waals surface area contributed by atoms with Gasteiger partial charge in [-0.05, 0) is 62.1 Å². The number of fused-ring (bicyclic) bond motifs is 1. The number of ether oxygens (including phenoxy) is 2. The maximum atomic E-state index is 12.5. The average molecular weight is 505 g/mol. The maximum absolute atomic E-state index is 12.5. The first-order valence-corrected chi connectivity index (χ1v) is 10.9. The largest absolute Gasteiger partial charge is 0.507 e. The number of methoxy groups -OCH3 is 1. The molecule has 0 atom stereocenters. The van der Waals surface area contributed by atoms with E-state index in [9.17, 15) is 9.90 Å². The predicted molar refractivity (Wildman–Crippen MR) is 132 cm³/mol. The molecule has 0 aliphatic heterocycles. The standard InChI is InChI=1S/C26H21BrN2O4/c1-32-24-12-18(11-22(27)25(24)33-16-17-7-3-2-4-8-17)15-28-29-26(31)21-13-19-9-5-6-10-20(19)14-23(21)30/h2-15,30H,16H2,1H3,(H,29,31)/b28-15+. The summed E-state index contributed by atoms with van der Waals surface area (Å²) in [6.07, 6.45) is 1.49. The highest BCUT2D eigenvalue weighted by molar-refractivity contribution is 9.10. The Bertz CT molecular complexity index is 1320. The molecule has 2 N–H and O–H groups in total.